The molecule has 0 aliphatic heterocycles. The normalized spacial score (nSPS) is 11.8. The topological polar surface area (TPSA) is 48.7 Å². The molecule has 2 aromatic heterocycles. The van der Waals surface area contributed by atoms with Crippen molar-refractivity contribution in [2.24, 2.45) is 0 Å². The lowest BCUT2D eigenvalue weighted by Gasteiger charge is -2.14. The number of nitriles is 1. The molecule has 1 unspecified atom stereocenters. The van der Waals surface area contributed by atoms with Crippen molar-refractivity contribution in [3.05, 3.63) is 46.4 Å². The van der Waals surface area contributed by atoms with Gasteiger partial charge >= 0.3 is 0 Å². The minimum atomic E-state index is 0.336. The van der Waals surface area contributed by atoms with Crippen LogP contribution in [0.2, 0.25) is 0 Å². The van der Waals surface area contributed by atoms with Crippen LogP contribution in [0.15, 0.2) is 35.8 Å². The minimum absolute atomic E-state index is 0.336. The molecule has 0 aliphatic rings. The summed E-state index contributed by atoms with van der Waals surface area (Å²) in [6.07, 6.45) is 2.64. The van der Waals surface area contributed by atoms with Crippen LogP contribution in [0.4, 0.5) is 5.69 Å². The van der Waals surface area contributed by atoms with Gasteiger partial charge in [-0.2, -0.15) is 5.26 Å². The van der Waals surface area contributed by atoms with Gasteiger partial charge in [0.2, 0.25) is 0 Å². The monoisotopic (exact) mass is 243 g/mol. The van der Waals surface area contributed by atoms with Crippen molar-refractivity contribution in [3.63, 3.8) is 0 Å². The Balaban J connectivity index is 1.98. The van der Waals surface area contributed by atoms with E-state index in [1.54, 1.807) is 23.6 Å². The fraction of sp³-hybridized carbons (Fsp3) is 0.231. The molecule has 0 spiro atoms. The van der Waals surface area contributed by atoms with E-state index >= 15 is 0 Å². The Morgan fingerprint density at radius 1 is 1.53 bits per heavy atom. The van der Waals surface area contributed by atoms with E-state index in [0.29, 0.717) is 11.7 Å². The first-order valence-electron chi connectivity index (χ1n) is 5.43. The lowest BCUT2D eigenvalue weighted by atomic mass is 10.2. The molecule has 1 N–H and O–H groups in total. The number of nitrogens with one attached hydrogen (secondary N) is 1. The fourth-order valence-corrected chi connectivity index (χ4v) is 2.48. The number of aromatic nitrogens is 1. The van der Waals surface area contributed by atoms with Crippen LogP contribution >= 0.6 is 11.3 Å². The Labute approximate surface area is 105 Å². The van der Waals surface area contributed by atoms with Gasteiger partial charge in [-0.1, -0.05) is 6.07 Å². The van der Waals surface area contributed by atoms with Crippen molar-refractivity contribution in [1.82, 2.24) is 4.98 Å². The molecule has 1 atom stereocenters. The summed E-state index contributed by atoms with van der Waals surface area (Å²) in [5.74, 6) is 0. The Bertz CT molecular complexity index is 514. The summed E-state index contributed by atoms with van der Waals surface area (Å²) in [6.45, 7) is 2.13. The third-order valence-electron chi connectivity index (χ3n) is 2.38. The van der Waals surface area contributed by atoms with Crippen LogP contribution in [0.3, 0.4) is 0 Å². The zero-order valence-electron chi connectivity index (χ0n) is 9.55. The summed E-state index contributed by atoms with van der Waals surface area (Å²) < 4.78 is 0. The average molecular weight is 243 g/mol. The number of hydrogen-bond acceptors (Lipinski definition) is 4. The molecule has 0 radical (unpaired) electrons. The second-order valence-corrected chi connectivity index (χ2v) is 4.90. The first-order chi connectivity index (χ1) is 8.28. The van der Waals surface area contributed by atoms with Crippen LogP contribution in [0.5, 0.6) is 0 Å². The van der Waals surface area contributed by atoms with E-state index in [1.165, 1.54) is 4.88 Å². The first kappa shape index (κ1) is 11.6. The Morgan fingerprint density at radius 3 is 3.12 bits per heavy atom. The molecule has 17 heavy (non-hydrogen) atoms. The van der Waals surface area contributed by atoms with E-state index in [0.717, 1.165) is 12.1 Å². The van der Waals surface area contributed by atoms with Crippen molar-refractivity contribution in [3.8, 4) is 6.07 Å². The number of nitrogens with zero attached hydrogens (tertiary/aromatic N) is 2. The van der Waals surface area contributed by atoms with E-state index in [4.69, 9.17) is 5.26 Å². The van der Waals surface area contributed by atoms with Crippen LogP contribution in [0.25, 0.3) is 0 Å². The Morgan fingerprint density at radius 2 is 2.41 bits per heavy atom. The largest absolute Gasteiger partial charge is 0.382 e. The minimum Gasteiger partial charge on any atom is -0.382 e. The van der Waals surface area contributed by atoms with Crippen molar-refractivity contribution in [1.29, 1.82) is 5.26 Å². The zero-order chi connectivity index (χ0) is 12.1. The molecule has 0 bridgehead atoms. The van der Waals surface area contributed by atoms with E-state index in [9.17, 15) is 0 Å². The highest BCUT2D eigenvalue weighted by Gasteiger charge is 2.05. The van der Waals surface area contributed by atoms with Crippen LogP contribution in [0.1, 0.15) is 17.5 Å². The molecule has 2 rings (SSSR count). The smallest absolute Gasteiger partial charge is 0.142 e. The lowest BCUT2D eigenvalue weighted by molar-refractivity contribution is 0.800. The molecule has 0 aromatic carbocycles. The quantitative estimate of drug-likeness (QED) is 0.897. The highest BCUT2D eigenvalue weighted by molar-refractivity contribution is 7.09. The molecular formula is C13H13N3S. The predicted octanol–water partition coefficient (Wildman–Crippen LogP) is 3.06. The summed E-state index contributed by atoms with van der Waals surface area (Å²) >= 11 is 1.76. The summed E-state index contributed by atoms with van der Waals surface area (Å²) in [5.41, 5.74) is 1.39. The highest BCUT2D eigenvalue weighted by atomic mass is 32.1. The van der Waals surface area contributed by atoms with Gasteiger partial charge < -0.3 is 5.32 Å². The standard InChI is InChI=1S/C13H13N3S/c1-10(7-13-3-2-6-17-13)16-11-4-5-15-12(8-11)9-14/h2-6,8,10H,7H2,1H3,(H,15,16). The van der Waals surface area contributed by atoms with Gasteiger partial charge in [-0.15, -0.1) is 11.3 Å². The number of rotatable bonds is 4. The SMILES string of the molecule is CC(Cc1cccs1)Nc1ccnc(C#N)c1. The summed E-state index contributed by atoms with van der Waals surface area (Å²) in [7, 11) is 0. The molecular weight excluding hydrogens is 230 g/mol. The molecule has 2 aromatic rings. The van der Waals surface area contributed by atoms with Crippen LogP contribution in [-0.4, -0.2) is 11.0 Å². The summed E-state index contributed by atoms with van der Waals surface area (Å²) in [6, 6.07) is 10.2. The molecule has 4 heteroatoms. The first-order valence-corrected chi connectivity index (χ1v) is 6.31. The Hall–Kier alpha value is -1.86. The fourth-order valence-electron chi connectivity index (χ4n) is 1.65. The van der Waals surface area contributed by atoms with Gasteiger partial charge in [0.05, 0.1) is 0 Å². The van der Waals surface area contributed by atoms with Gasteiger partial charge in [0.25, 0.3) is 0 Å². The van der Waals surface area contributed by atoms with Gasteiger partial charge in [0.1, 0.15) is 11.8 Å². The number of hydrogen-bond donors (Lipinski definition) is 1. The number of anilines is 1. The zero-order valence-corrected chi connectivity index (χ0v) is 10.4. The van der Waals surface area contributed by atoms with E-state index in [2.05, 4.69) is 34.7 Å². The second kappa shape index (κ2) is 5.46. The third kappa shape index (κ3) is 3.30. The van der Waals surface area contributed by atoms with Gasteiger partial charge in [-0.25, -0.2) is 4.98 Å². The lowest BCUT2D eigenvalue weighted by Crippen LogP contribution is -2.17. The van der Waals surface area contributed by atoms with Gasteiger partial charge in [0.15, 0.2) is 0 Å². The van der Waals surface area contributed by atoms with Crippen molar-refractivity contribution < 1.29 is 0 Å². The molecule has 0 saturated carbocycles. The van der Waals surface area contributed by atoms with Gasteiger partial charge in [-0.05, 0) is 30.5 Å². The average Bonchev–Trinajstić information content (AvgIpc) is 2.82. The molecule has 2 heterocycles. The molecule has 0 saturated heterocycles. The van der Waals surface area contributed by atoms with Crippen molar-refractivity contribution in [2.75, 3.05) is 5.32 Å². The third-order valence-corrected chi connectivity index (χ3v) is 3.27. The predicted molar refractivity (Wildman–Crippen MR) is 70.1 cm³/mol. The molecule has 0 fully saturated rings. The maximum Gasteiger partial charge on any atom is 0.142 e. The number of thiophene rings is 1. The molecule has 86 valence electrons. The van der Waals surface area contributed by atoms with Crippen LogP contribution in [0, 0.1) is 11.3 Å². The molecule has 0 amide bonds. The summed E-state index contributed by atoms with van der Waals surface area (Å²) in [5, 5.41) is 14.2. The summed E-state index contributed by atoms with van der Waals surface area (Å²) in [4.78, 5) is 5.30. The maximum atomic E-state index is 8.76. The van der Waals surface area contributed by atoms with E-state index < -0.39 is 0 Å². The van der Waals surface area contributed by atoms with Crippen molar-refractivity contribution in [2.45, 2.75) is 19.4 Å². The second-order valence-electron chi connectivity index (χ2n) is 3.87. The molecule has 0 aliphatic carbocycles. The van der Waals surface area contributed by atoms with E-state index in [1.807, 2.05) is 12.1 Å². The Kier molecular flexibility index (Phi) is 3.73. The van der Waals surface area contributed by atoms with Gasteiger partial charge in [-0.3, -0.25) is 0 Å². The van der Waals surface area contributed by atoms with E-state index in [-0.39, 0.29) is 0 Å². The van der Waals surface area contributed by atoms with Crippen molar-refractivity contribution >= 4 is 17.0 Å². The highest BCUT2D eigenvalue weighted by Crippen LogP contribution is 2.14. The van der Waals surface area contributed by atoms with Crippen LogP contribution in [-0.2, 0) is 6.42 Å². The van der Waals surface area contributed by atoms with Gasteiger partial charge in [0, 0.05) is 29.2 Å². The van der Waals surface area contributed by atoms with Crippen LogP contribution < -0.4 is 5.32 Å². The maximum absolute atomic E-state index is 8.76. The number of pyridine rings is 1. The molecule has 3 nitrogen and oxygen atoms in total.